The van der Waals surface area contributed by atoms with Gasteiger partial charge in [-0.25, -0.2) is 4.79 Å². The van der Waals surface area contributed by atoms with E-state index in [0.29, 0.717) is 0 Å². The lowest BCUT2D eigenvalue weighted by molar-refractivity contribution is 0.0384. The Labute approximate surface area is 101 Å². The quantitative estimate of drug-likeness (QED) is 0.301. The van der Waals surface area contributed by atoms with E-state index < -0.39 is 5.97 Å². The Morgan fingerprint density at radius 3 is 2.44 bits per heavy atom. The van der Waals surface area contributed by atoms with Crippen LogP contribution in [-0.4, -0.2) is 11.9 Å². The molecule has 0 aliphatic rings. The molecule has 0 saturated carbocycles. The lowest BCUT2D eigenvalue weighted by Gasteiger charge is -2.07. The zero-order valence-corrected chi connectivity index (χ0v) is 9.42. The third-order valence-electron chi connectivity index (χ3n) is 1.55. The van der Waals surface area contributed by atoms with E-state index in [1.165, 1.54) is 12.1 Å². The second kappa shape index (κ2) is 5.43. The fourth-order valence-electron chi connectivity index (χ4n) is 0.869. The maximum atomic E-state index is 11.5. The maximum Gasteiger partial charge on any atom is 0.365 e. The van der Waals surface area contributed by atoms with Crippen LogP contribution in [0.2, 0.25) is 10.0 Å². The summed E-state index contributed by atoms with van der Waals surface area (Å²) in [6, 6.07) is 4.61. The van der Waals surface area contributed by atoms with Gasteiger partial charge in [0.1, 0.15) is 0 Å². The number of benzene rings is 1. The highest BCUT2D eigenvalue weighted by Gasteiger charge is 2.16. The normalized spacial score (nSPS) is 11.0. The van der Waals surface area contributed by atoms with E-state index in [2.05, 4.69) is 9.94 Å². The Kier molecular flexibility index (Phi) is 4.21. The number of nitrogens with two attached hydrogens (primary N) is 2. The van der Waals surface area contributed by atoms with Gasteiger partial charge in [-0.15, -0.1) is 5.10 Å². The molecular formula is C8H8Cl2N4O2. The smallest absolute Gasteiger partial charge is 0.365 e. The van der Waals surface area contributed by atoms with Crippen molar-refractivity contribution in [3.05, 3.63) is 33.8 Å². The van der Waals surface area contributed by atoms with Crippen LogP contribution in [0.1, 0.15) is 10.4 Å². The summed E-state index contributed by atoms with van der Waals surface area (Å²) in [4.78, 5) is 16.1. The Morgan fingerprint density at radius 1 is 1.38 bits per heavy atom. The summed E-state index contributed by atoms with van der Waals surface area (Å²) in [5.41, 5.74) is 7.20. The summed E-state index contributed by atoms with van der Waals surface area (Å²) in [5.74, 6) is 3.77. The van der Waals surface area contributed by atoms with Gasteiger partial charge in [-0.2, -0.15) is 5.48 Å². The number of nitrogens with zero attached hydrogens (tertiary/aromatic N) is 1. The average Bonchev–Trinajstić information content (AvgIpc) is 2.25. The summed E-state index contributed by atoms with van der Waals surface area (Å²) in [6.45, 7) is 0. The van der Waals surface area contributed by atoms with Crippen molar-refractivity contribution in [2.24, 2.45) is 16.7 Å². The van der Waals surface area contributed by atoms with Crippen molar-refractivity contribution in [2.45, 2.75) is 0 Å². The number of carbonyl (C=O) groups excluding carboxylic acids is 1. The molecule has 5 N–H and O–H groups in total. The standard InChI is InChI=1S/C8H8Cl2N4O2/c9-4-2-1-3-5(10)6(4)7(15)16-14-8(11)13-12/h1-3H,12H2,(H3,11,13,14). The van der Waals surface area contributed by atoms with Gasteiger partial charge in [0.05, 0.1) is 15.6 Å². The predicted molar refractivity (Wildman–Crippen MR) is 60.8 cm³/mol. The molecule has 16 heavy (non-hydrogen) atoms. The van der Waals surface area contributed by atoms with E-state index >= 15 is 0 Å². The highest BCUT2D eigenvalue weighted by atomic mass is 35.5. The van der Waals surface area contributed by atoms with Gasteiger partial charge in [0.2, 0.25) is 5.96 Å². The number of rotatable bonds is 1. The second-order valence-electron chi connectivity index (χ2n) is 2.60. The van der Waals surface area contributed by atoms with E-state index in [1.54, 1.807) is 6.07 Å². The van der Waals surface area contributed by atoms with Gasteiger partial charge in [-0.1, -0.05) is 29.3 Å². The van der Waals surface area contributed by atoms with Gasteiger partial charge in [0.25, 0.3) is 0 Å². The van der Waals surface area contributed by atoms with Crippen LogP contribution in [0.5, 0.6) is 0 Å². The second-order valence-corrected chi connectivity index (χ2v) is 3.42. The molecule has 0 aromatic heterocycles. The number of hydrazone groups is 1. The third-order valence-corrected chi connectivity index (χ3v) is 2.18. The number of halogens is 2. The van der Waals surface area contributed by atoms with Crippen molar-refractivity contribution in [3.8, 4) is 0 Å². The van der Waals surface area contributed by atoms with Gasteiger partial charge >= 0.3 is 5.97 Å². The Balaban J connectivity index is 2.81. The fraction of sp³-hybridized carbons (Fsp3) is 0. The topological polar surface area (TPSA) is 103 Å². The van der Waals surface area contributed by atoms with Gasteiger partial charge in [0, 0.05) is 0 Å². The minimum absolute atomic E-state index is 0.0307. The van der Waals surface area contributed by atoms with Crippen molar-refractivity contribution in [1.82, 2.24) is 5.48 Å². The summed E-state index contributed by atoms with van der Waals surface area (Å²) < 4.78 is 0. The van der Waals surface area contributed by atoms with Crippen LogP contribution in [0.4, 0.5) is 0 Å². The van der Waals surface area contributed by atoms with Crippen molar-refractivity contribution in [1.29, 1.82) is 0 Å². The molecule has 1 rings (SSSR count). The summed E-state index contributed by atoms with van der Waals surface area (Å²) in [6.07, 6.45) is 0. The minimum Gasteiger partial charge on any atom is -0.366 e. The summed E-state index contributed by atoms with van der Waals surface area (Å²) in [7, 11) is 0. The van der Waals surface area contributed by atoms with Crippen LogP contribution in [-0.2, 0) is 4.84 Å². The number of guanidine groups is 1. The molecule has 0 radical (unpaired) electrons. The van der Waals surface area contributed by atoms with E-state index in [-0.39, 0.29) is 21.6 Å². The van der Waals surface area contributed by atoms with Gasteiger partial charge < -0.3 is 16.4 Å². The number of hydrogen-bond donors (Lipinski definition) is 3. The van der Waals surface area contributed by atoms with Crippen LogP contribution >= 0.6 is 23.2 Å². The molecule has 0 atom stereocenters. The van der Waals surface area contributed by atoms with Crippen LogP contribution in [0, 0.1) is 0 Å². The zero-order chi connectivity index (χ0) is 12.1. The maximum absolute atomic E-state index is 11.5. The van der Waals surface area contributed by atoms with Gasteiger partial charge in [0.15, 0.2) is 0 Å². The zero-order valence-electron chi connectivity index (χ0n) is 7.91. The minimum atomic E-state index is -0.790. The highest BCUT2D eigenvalue weighted by molar-refractivity contribution is 6.39. The molecule has 0 heterocycles. The molecule has 0 saturated heterocycles. The lowest BCUT2D eigenvalue weighted by atomic mass is 10.2. The summed E-state index contributed by atoms with van der Waals surface area (Å²) in [5, 5.41) is 3.38. The molecule has 0 unspecified atom stereocenters. The molecule has 86 valence electrons. The Morgan fingerprint density at radius 2 is 1.94 bits per heavy atom. The first-order valence-electron chi connectivity index (χ1n) is 4.00. The van der Waals surface area contributed by atoms with E-state index in [9.17, 15) is 4.79 Å². The first-order valence-corrected chi connectivity index (χ1v) is 4.76. The SMILES string of the molecule is NN=C(N)NOC(=O)c1c(Cl)cccc1Cl. The van der Waals surface area contributed by atoms with Crippen molar-refractivity contribution in [3.63, 3.8) is 0 Å². The molecule has 0 aliphatic carbocycles. The van der Waals surface area contributed by atoms with Gasteiger partial charge in [-0.05, 0) is 12.1 Å². The Hall–Kier alpha value is -1.66. The van der Waals surface area contributed by atoms with Crippen molar-refractivity contribution < 1.29 is 9.63 Å². The fourth-order valence-corrected chi connectivity index (χ4v) is 1.42. The third kappa shape index (κ3) is 2.91. The first-order chi connectivity index (χ1) is 7.56. The van der Waals surface area contributed by atoms with E-state index in [0.717, 1.165) is 0 Å². The van der Waals surface area contributed by atoms with Crippen molar-refractivity contribution in [2.75, 3.05) is 0 Å². The molecule has 0 spiro atoms. The van der Waals surface area contributed by atoms with Gasteiger partial charge in [-0.3, -0.25) is 0 Å². The van der Waals surface area contributed by atoms with E-state index in [1.807, 2.05) is 5.48 Å². The Bertz CT molecular complexity index is 416. The molecule has 0 amide bonds. The van der Waals surface area contributed by atoms with Crippen LogP contribution < -0.4 is 17.1 Å². The number of hydrogen-bond acceptors (Lipinski definition) is 4. The predicted octanol–water partition coefficient (Wildman–Crippen LogP) is 0.843. The lowest BCUT2D eigenvalue weighted by Crippen LogP contribution is -2.34. The molecule has 0 fully saturated rings. The number of hydroxylamine groups is 1. The molecule has 1 aromatic carbocycles. The number of carbonyl (C=O) groups is 1. The average molecular weight is 263 g/mol. The van der Waals surface area contributed by atoms with Crippen LogP contribution in [0.15, 0.2) is 23.3 Å². The highest BCUT2D eigenvalue weighted by Crippen LogP contribution is 2.24. The largest absolute Gasteiger partial charge is 0.366 e. The molecule has 1 aromatic rings. The molecule has 0 bridgehead atoms. The number of nitrogens with one attached hydrogen (secondary N) is 1. The van der Waals surface area contributed by atoms with Crippen LogP contribution in [0.3, 0.4) is 0 Å². The molecule has 8 heteroatoms. The monoisotopic (exact) mass is 262 g/mol. The van der Waals surface area contributed by atoms with Crippen LogP contribution in [0.25, 0.3) is 0 Å². The van der Waals surface area contributed by atoms with Crippen molar-refractivity contribution >= 4 is 35.1 Å². The molecular weight excluding hydrogens is 255 g/mol. The van der Waals surface area contributed by atoms with E-state index in [4.69, 9.17) is 34.8 Å². The summed E-state index contributed by atoms with van der Waals surface area (Å²) >= 11 is 11.5. The first kappa shape index (κ1) is 12.4. The molecule has 6 nitrogen and oxygen atoms in total. The molecule has 0 aliphatic heterocycles.